The van der Waals surface area contributed by atoms with Crippen LogP contribution in [0.4, 0.5) is 0 Å². The van der Waals surface area contributed by atoms with E-state index < -0.39 is 34.4 Å². The summed E-state index contributed by atoms with van der Waals surface area (Å²) in [5.74, 6) is -1.51. The predicted molar refractivity (Wildman–Crippen MR) is 123 cm³/mol. The van der Waals surface area contributed by atoms with E-state index in [9.17, 15) is 29.1 Å². The van der Waals surface area contributed by atoms with Gasteiger partial charge in [-0.05, 0) is 23.9 Å². The van der Waals surface area contributed by atoms with Crippen molar-refractivity contribution in [3.8, 4) is 0 Å². The van der Waals surface area contributed by atoms with Crippen molar-refractivity contribution in [3.63, 3.8) is 0 Å². The number of nitrogens with one attached hydrogen (secondary N) is 2. The number of carboxylic acid groups (broad SMARTS) is 1. The molecule has 2 aliphatic rings. The predicted octanol–water partition coefficient (Wildman–Crippen LogP) is 0.0864. The first kappa shape index (κ1) is 23.3. The number of amides is 2. The number of H-pyrrole nitrogens is 1. The molecule has 2 aromatic rings. The van der Waals surface area contributed by atoms with Gasteiger partial charge in [-0.25, -0.2) is 9.89 Å². The molecular formula is C19H19N5O6S3. The van der Waals surface area contributed by atoms with E-state index >= 15 is 0 Å². The van der Waals surface area contributed by atoms with Crippen molar-refractivity contribution in [2.75, 3.05) is 11.5 Å². The number of carboxylic acids is 1. The summed E-state index contributed by atoms with van der Waals surface area (Å²) < 4.78 is 1.21. The van der Waals surface area contributed by atoms with Crippen molar-refractivity contribution in [1.29, 1.82) is 0 Å². The first-order chi connectivity index (χ1) is 15.8. The van der Waals surface area contributed by atoms with Crippen LogP contribution in [-0.2, 0) is 27.3 Å². The highest BCUT2D eigenvalue weighted by Crippen LogP contribution is 2.41. The number of hydrogen-bond acceptors (Lipinski definition) is 9. The third-order valence-electron chi connectivity index (χ3n) is 5.10. The molecule has 174 valence electrons. The number of aliphatic carboxylic acids is 1. The number of aromatic nitrogens is 3. The molecule has 0 spiro atoms. The minimum absolute atomic E-state index is 0.116. The summed E-state index contributed by atoms with van der Waals surface area (Å²) in [6, 6.07) is 2.89. The highest BCUT2D eigenvalue weighted by molar-refractivity contribution is 8.01. The van der Waals surface area contributed by atoms with Crippen LogP contribution in [-0.4, -0.2) is 65.5 Å². The van der Waals surface area contributed by atoms with E-state index in [0.29, 0.717) is 11.3 Å². The van der Waals surface area contributed by atoms with Crippen LogP contribution >= 0.6 is 34.9 Å². The quantitative estimate of drug-likeness (QED) is 0.255. The molecular weight excluding hydrogens is 490 g/mol. The summed E-state index contributed by atoms with van der Waals surface area (Å²) in [5, 5.41) is 20.1. The van der Waals surface area contributed by atoms with Gasteiger partial charge >= 0.3 is 17.1 Å². The van der Waals surface area contributed by atoms with E-state index in [-0.39, 0.29) is 35.5 Å². The highest BCUT2D eigenvalue weighted by atomic mass is 32.2. The number of nitrogens with zero attached hydrogens (tertiary/aromatic N) is 3. The molecule has 11 nitrogen and oxygen atoms in total. The van der Waals surface area contributed by atoms with Crippen LogP contribution in [0, 0.1) is 0 Å². The van der Waals surface area contributed by atoms with Crippen molar-refractivity contribution in [3.05, 3.63) is 54.4 Å². The van der Waals surface area contributed by atoms with Crippen molar-refractivity contribution in [2.45, 2.75) is 36.5 Å². The smallest absolute Gasteiger partial charge is 0.352 e. The van der Waals surface area contributed by atoms with Gasteiger partial charge in [0.2, 0.25) is 5.91 Å². The van der Waals surface area contributed by atoms with E-state index in [1.54, 1.807) is 6.92 Å². The molecule has 4 rings (SSSR count). The number of β-lactam (4-membered cyclic amide) rings is 1. The minimum Gasteiger partial charge on any atom is -0.477 e. The molecule has 0 radical (unpaired) electrons. The average Bonchev–Trinajstić information content (AvgIpc) is 3.30. The largest absolute Gasteiger partial charge is 0.477 e. The maximum absolute atomic E-state index is 12.7. The van der Waals surface area contributed by atoms with Crippen molar-refractivity contribution >= 4 is 52.6 Å². The minimum atomic E-state index is -1.24. The van der Waals surface area contributed by atoms with E-state index in [2.05, 4.69) is 15.5 Å². The first-order valence-electron chi connectivity index (χ1n) is 9.85. The normalized spacial score (nSPS) is 19.8. The molecule has 33 heavy (non-hydrogen) atoms. The van der Waals surface area contributed by atoms with E-state index in [0.717, 1.165) is 16.6 Å². The molecule has 3 N–H and O–H groups in total. The second kappa shape index (κ2) is 9.57. The zero-order valence-electron chi connectivity index (χ0n) is 17.3. The molecule has 1 unspecified atom stereocenters. The number of carbonyl (C=O) groups is 3. The van der Waals surface area contributed by atoms with Crippen LogP contribution in [0.15, 0.2) is 43.5 Å². The van der Waals surface area contributed by atoms with Gasteiger partial charge < -0.3 is 10.4 Å². The van der Waals surface area contributed by atoms with Gasteiger partial charge in [0.15, 0.2) is 5.16 Å². The third kappa shape index (κ3) is 4.50. The van der Waals surface area contributed by atoms with Gasteiger partial charge in [-0.3, -0.25) is 28.6 Å². The second-order valence-electron chi connectivity index (χ2n) is 7.14. The maximum atomic E-state index is 12.7. The standard InChI is InChI=1S/C19H19N5O6S3/c1-2-23-16(28)14(26)21-22-19(23)33-8-9-7-32-17-12(15(27)24(17)13(9)18(29)30)20-11(25)6-10-4-3-5-31-10/h3-5,12,17H,2,6-8H2,1H3,(H,20,25)(H,21,26)(H,29,30)/t12?,17-/m1/s1. The molecule has 2 aromatic heterocycles. The molecule has 0 aliphatic carbocycles. The molecule has 0 bridgehead atoms. The number of hydrogen-bond donors (Lipinski definition) is 3. The van der Waals surface area contributed by atoms with Gasteiger partial charge in [-0.15, -0.1) is 28.2 Å². The van der Waals surface area contributed by atoms with Gasteiger partial charge in [-0.1, -0.05) is 17.8 Å². The van der Waals surface area contributed by atoms with Crippen LogP contribution in [0.5, 0.6) is 0 Å². The molecule has 1 fully saturated rings. The molecule has 1 saturated heterocycles. The molecule has 4 heterocycles. The number of carbonyl (C=O) groups excluding carboxylic acids is 2. The molecule has 0 saturated carbocycles. The van der Waals surface area contributed by atoms with Crippen LogP contribution in [0.2, 0.25) is 0 Å². The topological polar surface area (TPSA) is 154 Å². The fourth-order valence-electron chi connectivity index (χ4n) is 3.55. The number of thiophene rings is 1. The van der Waals surface area contributed by atoms with Gasteiger partial charge in [-0.2, -0.15) is 0 Å². The number of rotatable bonds is 8. The van der Waals surface area contributed by atoms with Crippen LogP contribution in [0.1, 0.15) is 11.8 Å². The maximum Gasteiger partial charge on any atom is 0.352 e. The van der Waals surface area contributed by atoms with Crippen LogP contribution in [0.3, 0.4) is 0 Å². The highest BCUT2D eigenvalue weighted by Gasteiger charge is 2.54. The third-order valence-corrected chi connectivity index (χ3v) is 8.38. The Labute approximate surface area is 199 Å². The Balaban J connectivity index is 1.49. The summed E-state index contributed by atoms with van der Waals surface area (Å²) in [6.45, 7) is 1.93. The second-order valence-corrected chi connectivity index (χ2v) is 10.2. The molecule has 2 aliphatic heterocycles. The summed E-state index contributed by atoms with van der Waals surface area (Å²) in [5.41, 5.74) is -1.19. The zero-order chi connectivity index (χ0) is 23.7. The Morgan fingerprint density at radius 1 is 1.36 bits per heavy atom. The fourth-order valence-corrected chi connectivity index (χ4v) is 6.75. The lowest BCUT2D eigenvalue weighted by Gasteiger charge is -2.49. The van der Waals surface area contributed by atoms with Gasteiger partial charge in [0.05, 0.1) is 6.42 Å². The van der Waals surface area contributed by atoms with E-state index in [1.165, 1.54) is 32.6 Å². The van der Waals surface area contributed by atoms with Crippen molar-refractivity contribution in [2.24, 2.45) is 0 Å². The number of fused-ring (bicyclic) bond motifs is 1. The molecule has 2 atom stereocenters. The average molecular weight is 510 g/mol. The molecule has 2 amide bonds. The van der Waals surface area contributed by atoms with Gasteiger partial charge in [0, 0.05) is 22.9 Å². The Kier molecular flexibility index (Phi) is 6.76. The van der Waals surface area contributed by atoms with E-state index in [1.807, 2.05) is 17.5 Å². The summed E-state index contributed by atoms with van der Waals surface area (Å²) >= 11 is 3.92. The Hall–Kier alpha value is -2.84. The lowest BCUT2D eigenvalue weighted by molar-refractivity contribution is -0.150. The lowest BCUT2D eigenvalue weighted by atomic mass is 10.0. The summed E-state index contributed by atoms with van der Waals surface area (Å²) in [4.78, 5) is 62.6. The first-order valence-corrected chi connectivity index (χ1v) is 12.8. The summed E-state index contributed by atoms with van der Waals surface area (Å²) in [7, 11) is 0. The van der Waals surface area contributed by atoms with E-state index in [4.69, 9.17) is 0 Å². The Morgan fingerprint density at radius 3 is 2.82 bits per heavy atom. The van der Waals surface area contributed by atoms with Crippen LogP contribution in [0.25, 0.3) is 0 Å². The SMILES string of the molecule is CCn1c(SCC2=C(C(=O)O)N3C(=O)C(NC(=O)Cc4cccs4)[C@H]3SC2)n[nH]c(=O)c1=O. The Bertz CT molecular complexity index is 1250. The lowest BCUT2D eigenvalue weighted by Crippen LogP contribution is -2.70. The van der Waals surface area contributed by atoms with Crippen molar-refractivity contribution < 1.29 is 19.5 Å². The molecule has 0 aromatic carbocycles. The molecule has 14 heteroatoms. The number of thioether (sulfide) groups is 2. The van der Waals surface area contributed by atoms with Crippen molar-refractivity contribution in [1.82, 2.24) is 25.0 Å². The van der Waals surface area contributed by atoms with Gasteiger partial charge in [0.25, 0.3) is 5.91 Å². The Morgan fingerprint density at radius 2 is 2.15 bits per heavy atom. The monoisotopic (exact) mass is 509 g/mol. The number of aromatic amines is 1. The van der Waals surface area contributed by atoms with Gasteiger partial charge in [0.1, 0.15) is 17.1 Å². The summed E-state index contributed by atoms with van der Waals surface area (Å²) in [6.07, 6.45) is 0.160. The fraction of sp³-hybridized carbons (Fsp3) is 0.368. The van der Waals surface area contributed by atoms with Crippen LogP contribution < -0.4 is 16.4 Å². The zero-order valence-corrected chi connectivity index (χ0v) is 19.7.